The topological polar surface area (TPSA) is 86.2 Å². The zero-order chi connectivity index (χ0) is 16.4. The second kappa shape index (κ2) is 6.50. The van der Waals surface area contributed by atoms with E-state index in [1.54, 1.807) is 18.2 Å². The summed E-state index contributed by atoms with van der Waals surface area (Å²) in [6.07, 6.45) is 2.39. The van der Waals surface area contributed by atoms with Crippen LogP contribution in [0.1, 0.15) is 16.8 Å². The summed E-state index contributed by atoms with van der Waals surface area (Å²) in [5, 5.41) is 2.84. The molecule has 0 aliphatic carbocycles. The molecule has 0 saturated carbocycles. The van der Waals surface area contributed by atoms with Gasteiger partial charge in [0.1, 0.15) is 17.1 Å². The highest BCUT2D eigenvalue weighted by Crippen LogP contribution is 2.22. The Morgan fingerprint density at radius 1 is 1.29 bits per heavy atom. The van der Waals surface area contributed by atoms with Gasteiger partial charge in [-0.05, 0) is 18.2 Å². The first-order valence-corrected chi connectivity index (χ1v) is 8.26. The zero-order valence-corrected chi connectivity index (χ0v) is 13.5. The lowest BCUT2D eigenvalue weighted by Gasteiger charge is -2.11. The Bertz CT molecular complexity index is 859. The van der Waals surface area contributed by atoms with Gasteiger partial charge in [0.25, 0.3) is 5.91 Å². The molecule has 1 aliphatic rings. The molecule has 122 valence electrons. The van der Waals surface area contributed by atoms with Crippen LogP contribution in [0.3, 0.4) is 0 Å². The van der Waals surface area contributed by atoms with Crippen LogP contribution in [0.25, 0.3) is 11.0 Å². The van der Waals surface area contributed by atoms with Gasteiger partial charge in [0.05, 0.1) is 36.2 Å². The number of benzene rings is 1. The van der Waals surface area contributed by atoms with Crippen molar-refractivity contribution in [3.63, 3.8) is 0 Å². The third kappa shape index (κ3) is 3.06. The number of nitrogens with one attached hydrogen (secondary N) is 1. The van der Waals surface area contributed by atoms with Crippen LogP contribution in [-0.2, 0) is 4.74 Å². The van der Waals surface area contributed by atoms with Crippen molar-refractivity contribution in [2.24, 2.45) is 0 Å². The van der Waals surface area contributed by atoms with Gasteiger partial charge in [-0.15, -0.1) is 0 Å². The third-order valence-electron chi connectivity index (χ3n) is 3.71. The van der Waals surface area contributed by atoms with Gasteiger partial charge in [0.15, 0.2) is 0 Å². The minimum absolute atomic E-state index is 0.0342. The number of hydrogen-bond acceptors (Lipinski definition) is 7. The van der Waals surface area contributed by atoms with E-state index in [1.807, 2.05) is 12.1 Å². The Hall–Kier alpha value is -2.58. The summed E-state index contributed by atoms with van der Waals surface area (Å²) >= 11 is 1.12. The summed E-state index contributed by atoms with van der Waals surface area (Å²) in [6, 6.07) is 8.87. The molecule has 0 bridgehead atoms. The Morgan fingerprint density at radius 3 is 3.04 bits per heavy atom. The Labute approximate surface area is 142 Å². The second-order valence-electron chi connectivity index (χ2n) is 5.38. The molecule has 3 aromatic rings. The van der Waals surface area contributed by atoms with Gasteiger partial charge >= 0.3 is 0 Å². The average Bonchev–Trinajstić information content (AvgIpc) is 3.27. The number of carbonyl (C=O) groups excluding carboxylic acids is 1. The largest absolute Gasteiger partial charge is 0.472 e. The van der Waals surface area contributed by atoms with E-state index in [-0.39, 0.29) is 12.0 Å². The van der Waals surface area contributed by atoms with Crippen LogP contribution in [-0.4, -0.2) is 39.0 Å². The molecule has 1 fully saturated rings. The van der Waals surface area contributed by atoms with Gasteiger partial charge in [-0.1, -0.05) is 6.07 Å². The van der Waals surface area contributed by atoms with Crippen molar-refractivity contribution in [1.82, 2.24) is 13.7 Å². The second-order valence-corrected chi connectivity index (χ2v) is 5.91. The van der Waals surface area contributed by atoms with Gasteiger partial charge in [-0.3, -0.25) is 4.79 Å². The summed E-state index contributed by atoms with van der Waals surface area (Å²) in [7, 11) is 0. The highest BCUT2D eigenvalue weighted by Gasteiger charge is 2.18. The van der Waals surface area contributed by atoms with Crippen LogP contribution in [0, 0.1) is 0 Å². The van der Waals surface area contributed by atoms with E-state index in [0.29, 0.717) is 35.9 Å². The molecule has 24 heavy (non-hydrogen) atoms. The summed E-state index contributed by atoms with van der Waals surface area (Å²) < 4.78 is 19.3. The first-order valence-electron chi connectivity index (χ1n) is 7.53. The number of pyridine rings is 1. The molecule has 1 amide bonds. The molecule has 1 aromatic carbocycles. The lowest BCUT2D eigenvalue weighted by Crippen LogP contribution is -2.17. The quantitative estimate of drug-likeness (QED) is 0.784. The van der Waals surface area contributed by atoms with E-state index in [9.17, 15) is 4.79 Å². The lowest BCUT2D eigenvalue weighted by molar-refractivity contribution is 0.102. The monoisotopic (exact) mass is 342 g/mol. The predicted octanol–water partition coefficient (Wildman–Crippen LogP) is 2.51. The maximum absolute atomic E-state index is 12.4. The van der Waals surface area contributed by atoms with Crippen LogP contribution in [0.2, 0.25) is 0 Å². The molecule has 1 N–H and O–H groups in total. The van der Waals surface area contributed by atoms with E-state index in [2.05, 4.69) is 19.0 Å². The maximum Gasteiger partial charge on any atom is 0.257 e. The number of aromatic nitrogens is 3. The third-order valence-corrected chi connectivity index (χ3v) is 4.25. The molecule has 7 nitrogen and oxygen atoms in total. The summed E-state index contributed by atoms with van der Waals surface area (Å²) in [5.41, 5.74) is 2.53. The standard InChI is InChI=1S/C16H14N4O3S/c21-16(18-12-2-1-3-13-15(12)20-24-19-13)10-4-5-14(17-8-10)23-11-6-7-22-9-11/h1-5,8,11H,6-7,9H2,(H,18,21)/t11-/m0/s1. The van der Waals surface area contributed by atoms with Gasteiger partial charge in [0.2, 0.25) is 5.88 Å². The smallest absolute Gasteiger partial charge is 0.257 e. The van der Waals surface area contributed by atoms with Gasteiger partial charge in [-0.2, -0.15) is 8.75 Å². The molecule has 1 atom stereocenters. The normalized spacial score (nSPS) is 17.1. The number of fused-ring (bicyclic) bond motifs is 1. The van der Waals surface area contributed by atoms with Crippen LogP contribution in [0.15, 0.2) is 36.5 Å². The van der Waals surface area contributed by atoms with E-state index >= 15 is 0 Å². The number of carbonyl (C=O) groups is 1. The van der Waals surface area contributed by atoms with Gasteiger partial charge in [-0.25, -0.2) is 4.98 Å². The van der Waals surface area contributed by atoms with Crippen molar-refractivity contribution in [2.45, 2.75) is 12.5 Å². The van der Waals surface area contributed by atoms with Gasteiger partial charge < -0.3 is 14.8 Å². The number of ether oxygens (including phenoxy) is 2. The van der Waals surface area contributed by atoms with Crippen molar-refractivity contribution < 1.29 is 14.3 Å². The lowest BCUT2D eigenvalue weighted by atomic mass is 10.2. The molecule has 1 saturated heterocycles. The highest BCUT2D eigenvalue weighted by molar-refractivity contribution is 7.00. The van der Waals surface area contributed by atoms with E-state index in [0.717, 1.165) is 23.7 Å². The fourth-order valence-electron chi connectivity index (χ4n) is 2.46. The molecular weight excluding hydrogens is 328 g/mol. The number of amides is 1. The number of hydrogen-bond donors (Lipinski definition) is 1. The SMILES string of the molecule is O=C(Nc1cccc2nsnc12)c1ccc(O[C@H]2CCOC2)nc1. The van der Waals surface area contributed by atoms with Crippen molar-refractivity contribution in [1.29, 1.82) is 0 Å². The van der Waals surface area contributed by atoms with Crippen LogP contribution in [0.5, 0.6) is 5.88 Å². The minimum atomic E-state index is -0.251. The fraction of sp³-hybridized carbons (Fsp3) is 0.250. The molecule has 3 heterocycles. The molecule has 1 aliphatic heterocycles. The van der Waals surface area contributed by atoms with Crippen LogP contribution < -0.4 is 10.1 Å². The number of anilines is 1. The van der Waals surface area contributed by atoms with E-state index in [4.69, 9.17) is 9.47 Å². The van der Waals surface area contributed by atoms with E-state index in [1.165, 1.54) is 6.20 Å². The Kier molecular flexibility index (Phi) is 4.06. The predicted molar refractivity (Wildman–Crippen MR) is 89.5 cm³/mol. The summed E-state index contributed by atoms with van der Waals surface area (Å²) in [6.45, 7) is 1.29. The van der Waals surface area contributed by atoms with Crippen molar-refractivity contribution in [3.8, 4) is 5.88 Å². The van der Waals surface area contributed by atoms with Crippen LogP contribution in [0.4, 0.5) is 5.69 Å². The molecular formula is C16H14N4O3S. The fourth-order valence-corrected chi connectivity index (χ4v) is 3.01. The highest BCUT2D eigenvalue weighted by atomic mass is 32.1. The van der Waals surface area contributed by atoms with Crippen molar-refractivity contribution in [3.05, 3.63) is 42.1 Å². The molecule has 4 rings (SSSR count). The number of rotatable bonds is 4. The summed E-state index contributed by atoms with van der Waals surface area (Å²) in [4.78, 5) is 16.6. The minimum Gasteiger partial charge on any atom is -0.472 e. The maximum atomic E-state index is 12.4. The Balaban J connectivity index is 1.47. The molecule has 0 unspecified atom stereocenters. The molecule has 0 radical (unpaired) electrons. The Morgan fingerprint density at radius 2 is 2.25 bits per heavy atom. The molecule has 2 aromatic heterocycles. The van der Waals surface area contributed by atoms with Crippen LogP contribution >= 0.6 is 11.7 Å². The number of nitrogens with zero attached hydrogens (tertiary/aromatic N) is 3. The summed E-state index contributed by atoms with van der Waals surface area (Å²) in [5.74, 6) is 0.242. The van der Waals surface area contributed by atoms with Crippen molar-refractivity contribution in [2.75, 3.05) is 18.5 Å². The van der Waals surface area contributed by atoms with E-state index < -0.39 is 0 Å². The zero-order valence-electron chi connectivity index (χ0n) is 12.6. The van der Waals surface area contributed by atoms with Gasteiger partial charge in [0, 0.05) is 18.7 Å². The molecule has 8 heteroatoms. The molecule has 0 spiro atoms. The van der Waals surface area contributed by atoms with Crippen molar-refractivity contribution >= 4 is 34.4 Å². The first kappa shape index (κ1) is 15.0. The first-order chi connectivity index (χ1) is 11.8. The average molecular weight is 342 g/mol.